The molecule has 20 heavy (non-hydrogen) atoms. The van der Waals surface area contributed by atoms with E-state index in [4.69, 9.17) is 9.84 Å². The Bertz CT molecular complexity index is 445. The van der Waals surface area contributed by atoms with Gasteiger partial charge in [-0.2, -0.15) is 0 Å². The van der Waals surface area contributed by atoms with Crippen LogP contribution in [0.25, 0.3) is 0 Å². The Balaban J connectivity index is 2.53. The van der Waals surface area contributed by atoms with E-state index in [9.17, 15) is 9.59 Å². The zero-order valence-corrected chi connectivity index (χ0v) is 11.8. The van der Waals surface area contributed by atoms with Gasteiger partial charge < -0.3 is 15.2 Å². The standard InChI is InChI=1S/C14H20N2O4/c1-3-4-5-12(14(18)19)16-13(17)8-10-6-7-11(20-2)9-15-10/h6-7,9,12H,3-5,8H2,1-2H3,(H,16,17)(H,18,19)/t12-/m0/s1. The van der Waals surface area contributed by atoms with Gasteiger partial charge in [-0.1, -0.05) is 19.8 Å². The van der Waals surface area contributed by atoms with Crippen LogP contribution in [-0.4, -0.2) is 35.1 Å². The molecule has 1 aromatic heterocycles. The molecule has 0 bridgehead atoms. The van der Waals surface area contributed by atoms with Crippen molar-refractivity contribution < 1.29 is 19.4 Å². The van der Waals surface area contributed by atoms with Crippen LogP contribution in [0.15, 0.2) is 18.3 Å². The molecule has 2 N–H and O–H groups in total. The maximum absolute atomic E-state index is 11.8. The van der Waals surface area contributed by atoms with Crippen LogP contribution in [-0.2, 0) is 16.0 Å². The van der Waals surface area contributed by atoms with Gasteiger partial charge in [0.2, 0.25) is 5.91 Å². The first-order chi connectivity index (χ1) is 9.56. The summed E-state index contributed by atoms with van der Waals surface area (Å²) in [5.74, 6) is -0.735. The highest BCUT2D eigenvalue weighted by Gasteiger charge is 2.19. The predicted molar refractivity (Wildman–Crippen MR) is 73.6 cm³/mol. The van der Waals surface area contributed by atoms with Crippen molar-refractivity contribution in [2.75, 3.05) is 7.11 Å². The number of carbonyl (C=O) groups excluding carboxylic acids is 1. The van der Waals surface area contributed by atoms with Crippen molar-refractivity contribution >= 4 is 11.9 Å². The molecule has 0 aliphatic carbocycles. The molecule has 0 saturated carbocycles. The Morgan fingerprint density at radius 3 is 2.70 bits per heavy atom. The molecule has 6 nitrogen and oxygen atoms in total. The van der Waals surface area contributed by atoms with Crippen molar-refractivity contribution in [3.63, 3.8) is 0 Å². The van der Waals surface area contributed by atoms with Gasteiger partial charge in [0.15, 0.2) is 0 Å². The number of pyridine rings is 1. The third kappa shape index (κ3) is 5.26. The lowest BCUT2D eigenvalue weighted by Gasteiger charge is -2.13. The van der Waals surface area contributed by atoms with Crippen molar-refractivity contribution in [2.45, 2.75) is 38.6 Å². The van der Waals surface area contributed by atoms with Gasteiger partial charge in [0, 0.05) is 5.69 Å². The fourth-order valence-corrected chi connectivity index (χ4v) is 1.71. The summed E-state index contributed by atoms with van der Waals surface area (Å²) >= 11 is 0. The molecule has 1 aromatic rings. The minimum absolute atomic E-state index is 0.0555. The molecule has 0 aliphatic heterocycles. The number of amides is 1. The fraction of sp³-hybridized carbons (Fsp3) is 0.500. The van der Waals surface area contributed by atoms with Crippen LogP contribution in [0.4, 0.5) is 0 Å². The van der Waals surface area contributed by atoms with E-state index in [1.54, 1.807) is 12.1 Å². The third-order valence-corrected chi connectivity index (χ3v) is 2.85. The molecule has 1 atom stereocenters. The van der Waals surface area contributed by atoms with Gasteiger partial charge in [0.1, 0.15) is 11.8 Å². The van der Waals surface area contributed by atoms with E-state index in [0.717, 1.165) is 12.8 Å². The Labute approximate surface area is 118 Å². The van der Waals surface area contributed by atoms with Crippen LogP contribution >= 0.6 is 0 Å². The largest absolute Gasteiger partial charge is 0.495 e. The number of methoxy groups -OCH3 is 1. The summed E-state index contributed by atoms with van der Waals surface area (Å²) in [5, 5.41) is 11.6. The van der Waals surface area contributed by atoms with Gasteiger partial charge in [-0.05, 0) is 18.6 Å². The Kier molecular flexibility index (Phi) is 6.49. The summed E-state index contributed by atoms with van der Waals surface area (Å²) in [4.78, 5) is 26.9. The number of carboxylic acids is 1. The van der Waals surface area contributed by atoms with Crippen molar-refractivity contribution in [2.24, 2.45) is 0 Å². The molecule has 1 rings (SSSR count). The number of carboxylic acid groups (broad SMARTS) is 1. The van der Waals surface area contributed by atoms with Crippen LogP contribution in [0.2, 0.25) is 0 Å². The molecular weight excluding hydrogens is 260 g/mol. The smallest absolute Gasteiger partial charge is 0.326 e. The van der Waals surface area contributed by atoms with E-state index in [-0.39, 0.29) is 12.3 Å². The minimum atomic E-state index is -1.01. The van der Waals surface area contributed by atoms with Crippen LogP contribution < -0.4 is 10.1 Å². The van der Waals surface area contributed by atoms with Crippen LogP contribution in [0, 0.1) is 0 Å². The Morgan fingerprint density at radius 1 is 1.45 bits per heavy atom. The summed E-state index contributed by atoms with van der Waals surface area (Å²) in [6.45, 7) is 1.97. The summed E-state index contributed by atoms with van der Waals surface area (Å²) < 4.78 is 4.97. The third-order valence-electron chi connectivity index (χ3n) is 2.85. The average molecular weight is 280 g/mol. The molecule has 0 fully saturated rings. The van der Waals surface area contributed by atoms with Crippen molar-refractivity contribution in [3.05, 3.63) is 24.0 Å². The minimum Gasteiger partial charge on any atom is -0.495 e. The molecule has 0 spiro atoms. The van der Waals surface area contributed by atoms with Crippen LogP contribution in [0.1, 0.15) is 31.9 Å². The van der Waals surface area contributed by atoms with Crippen LogP contribution in [0.3, 0.4) is 0 Å². The van der Waals surface area contributed by atoms with E-state index >= 15 is 0 Å². The lowest BCUT2D eigenvalue weighted by atomic mass is 10.1. The van der Waals surface area contributed by atoms with Gasteiger partial charge in [0.05, 0.1) is 19.7 Å². The summed E-state index contributed by atoms with van der Waals surface area (Å²) in [7, 11) is 1.54. The molecule has 1 heterocycles. The molecular formula is C14H20N2O4. The number of hydrogen-bond donors (Lipinski definition) is 2. The monoisotopic (exact) mass is 280 g/mol. The molecule has 0 aromatic carbocycles. The zero-order valence-electron chi connectivity index (χ0n) is 11.8. The predicted octanol–water partition coefficient (Wildman–Crippen LogP) is 1.39. The number of ether oxygens (including phenoxy) is 1. The molecule has 0 unspecified atom stereocenters. The maximum Gasteiger partial charge on any atom is 0.326 e. The van der Waals surface area contributed by atoms with E-state index < -0.39 is 12.0 Å². The summed E-state index contributed by atoms with van der Waals surface area (Å²) in [6.07, 6.45) is 3.67. The van der Waals surface area contributed by atoms with Crippen molar-refractivity contribution in [1.29, 1.82) is 0 Å². The molecule has 110 valence electrons. The number of aromatic nitrogens is 1. The van der Waals surface area contributed by atoms with Crippen molar-refractivity contribution in [3.8, 4) is 5.75 Å². The number of unbranched alkanes of at least 4 members (excludes halogenated alkanes) is 1. The maximum atomic E-state index is 11.8. The van der Waals surface area contributed by atoms with Gasteiger partial charge in [-0.3, -0.25) is 9.78 Å². The molecule has 1 amide bonds. The van der Waals surface area contributed by atoms with Gasteiger partial charge in [-0.15, -0.1) is 0 Å². The Morgan fingerprint density at radius 2 is 2.20 bits per heavy atom. The second-order valence-corrected chi connectivity index (χ2v) is 4.47. The quantitative estimate of drug-likeness (QED) is 0.751. The summed E-state index contributed by atoms with van der Waals surface area (Å²) in [5.41, 5.74) is 0.572. The second kappa shape index (κ2) is 8.14. The average Bonchev–Trinajstić information content (AvgIpc) is 2.44. The SMILES string of the molecule is CCCC[C@H](NC(=O)Cc1ccc(OC)cn1)C(=O)O. The lowest BCUT2D eigenvalue weighted by Crippen LogP contribution is -2.41. The number of rotatable bonds is 8. The van der Waals surface area contributed by atoms with E-state index in [2.05, 4.69) is 10.3 Å². The van der Waals surface area contributed by atoms with Crippen LogP contribution in [0.5, 0.6) is 5.75 Å². The van der Waals surface area contributed by atoms with Crippen molar-refractivity contribution in [1.82, 2.24) is 10.3 Å². The second-order valence-electron chi connectivity index (χ2n) is 4.47. The normalized spacial score (nSPS) is 11.7. The first-order valence-corrected chi connectivity index (χ1v) is 6.58. The highest BCUT2D eigenvalue weighted by Crippen LogP contribution is 2.08. The van der Waals surface area contributed by atoms with E-state index in [0.29, 0.717) is 17.9 Å². The number of carbonyl (C=O) groups is 2. The molecule has 0 radical (unpaired) electrons. The Hall–Kier alpha value is -2.11. The molecule has 0 saturated heterocycles. The number of nitrogens with zero attached hydrogens (tertiary/aromatic N) is 1. The summed E-state index contributed by atoms with van der Waals surface area (Å²) in [6, 6.07) is 2.56. The zero-order chi connectivity index (χ0) is 15.0. The van der Waals surface area contributed by atoms with Gasteiger partial charge in [-0.25, -0.2) is 4.79 Å². The number of aliphatic carboxylic acids is 1. The fourth-order valence-electron chi connectivity index (χ4n) is 1.71. The number of nitrogens with one attached hydrogen (secondary N) is 1. The lowest BCUT2D eigenvalue weighted by molar-refractivity contribution is -0.142. The van der Waals surface area contributed by atoms with Gasteiger partial charge >= 0.3 is 5.97 Å². The first-order valence-electron chi connectivity index (χ1n) is 6.58. The van der Waals surface area contributed by atoms with Gasteiger partial charge in [0.25, 0.3) is 0 Å². The van der Waals surface area contributed by atoms with E-state index in [1.807, 2.05) is 6.92 Å². The first kappa shape index (κ1) is 15.9. The molecule has 0 aliphatic rings. The topological polar surface area (TPSA) is 88.5 Å². The van der Waals surface area contributed by atoms with E-state index in [1.165, 1.54) is 13.3 Å². The highest BCUT2D eigenvalue weighted by atomic mass is 16.5. The number of hydrogen-bond acceptors (Lipinski definition) is 4. The highest BCUT2D eigenvalue weighted by molar-refractivity contribution is 5.84. The molecule has 6 heteroatoms.